The highest BCUT2D eigenvalue weighted by molar-refractivity contribution is 5.76. The van der Waals surface area contributed by atoms with Gasteiger partial charge in [0.15, 0.2) is 0 Å². The van der Waals surface area contributed by atoms with E-state index in [1.54, 1.807) is 6.07 Å². The van der Waals surface area contributed by atoms with Crippen molar-refractivity contribution in [1.82, 2.24) is 0 Å². The summed E-state index contributed by atoms with van der Waals surface area (Å²) >= 11 is 0. The molecule has 0 unspecified atom stereocenters. The number of hydrogen-bond acceptors (Lipinski definition) is 4. The molecule has 0 bridgehead atoms. The molecule has 1 amide bonds. The molecule has 0 aliphatic rings. The maximum Gasteiger partial charge on any atom is 0.288 e. The summed E-state index contributed by atoms with van der Waals surface area (Å²) in [6, 6.07) is 5.69. The lowest BCUT2D eigenvalue weighted by Gasteiger charge is -1.95. The lowest BCUT2D eigenvalue weighted by Crippen LogP contribution is -2.08. The predicted octanol–water partition coefficient (Wildman–Crippen LogP) is 0.693. The minimum absolute atomic E-state index is 0.0320. The van der Waals surface area contributed by atoms with E-state index < -0.39 is 10.8 Å². The van der Waals surface area contributed by atoms with Crippen LogP contribution in [0.1, 0.15) is 17.5 Å². The van der Waals surface area contributed by atoms with Crippen molar-refractivity contribution in [2.24, 2.45) is 5.73 Å². The molecule has 1 aromatic carbocycles. The molecule has 2 N–H and O–H groups in total. The fourth-order valence-corrected chi connectivity index (χ4v) is 1.09. The fraction of sp³-hybridized carbons (Fsp3) is 0.0909. The molecule has 6 nitrogen and oxygen atoms in total. The monoisotopic (exact) mass is 229 g/mol. The van der Waals surface area contributed by atoms with E-state index in [1.165, 1.54) is 18.2 Å². The van der Waals surface area contributed by atoms with Crippen LogP contribution >= 0.6 is 0 Å². The molecule has 17 heavy (non-hydrogen) atoms. The summed E-state index contributed by atoms with van der Waals surface area (Å²) in [5.41, 5.74) is 4.91. The van der Waals surface area contributed by atoms with Crippen molar-refractivity contribution in [3.05, 3.63) is 39.4 Å². The summed E-state index contributed by atoms with van der Waals surface area (Å²) in [4.78, 5) is 20.4. The van der Waals surface area contributed by atoms with Crippen LogP contribution in [0.5, 0.6) is 0 Å². The second-order valence-electron chi connectivity index (χ2n) is 3.05. The van der Waals surface area contributed by atoms with Crippen LogP contribution in [0.4, 0.5) is 5.69 Å². The van der Waals surface area contributed by atoms with Gasteiger partial charge in [-0.3, -0.25) is 14.9 Å². The molecular weight excluding hydrogens is 222 g/mol. The predicted molar refractivity (Wildman–Crippen MR) is 58.5 cm³/mol. The van der Waals surface area contributed by atoms with E-state index in [-0.39, 0.29) is 17.7 Å². The van der Waals surface area contributed by atoms with E-state index in [9.17, 15) is 14.9 Å². The summed E-state index contributed by atoms with van der Waals surface area (Å²) in [6.45, 7) is 0. The van der Waals surface area contributed by atoms with Gasteiger partial charge in [-0.1, -0.05) is 11.8 Å². The van der Waals surface area contributed by atoms with Crippen LogP contribution in [0.25, 0.3) is 0 Å². The van der Waals surface area contributed by atoms with Gasteiger partial charge in [0, 0.05) is 11.6 Å². The Hall–Kier alpha value is -2.86. The van der Waals surface area contributed by atoms with E-state index >= 15 is 0 Å². The highest BCUT2D eigenvalue weighted by atomic mass is 16.6. The van der Waals surface area contributed by atoms with Gasteiger partial charge in [0.2, 0.25) is 5.91 Å². The van der Waals surface area contributed by atoms with E-state index in [0.29, 0.717) is 5.56 Å². The Kier molecular flexibility index (Phi) is 3.80. The number of primary amides is 1. The second kappa shape index (κ2) is 5.29. The van der Waals surface area contributed by atoms with Crippen molar-refractivity contribution in [1.29, 1.82) is 5.26 Å². The number of benzene rings is 1. The number of rotatable bonds is 2. The maximum absolute atomic E-state index is 10.6. The van der Waals surface area contributed by atoms with Crippen molar-refractivity contribution in [3.8, 4) is 17.9 Å². The zero-order valence-corrected chi connectivity index (χ0v) is 8.64. The minimum atomic E-state index is -0.655. The topological polar surface area (TPSA) is 110 Å². The van der Waals surface area contributed by atoms with Crippen molar-refractivity contribution in [2.75, 3.05) is 0 Å². The Labute approximate surface area is 96.8 Å². The number of carbonyl (C=O) groups excluding carboxylic acids is 1. The van der Waals surface area contributed by atoms with Gasteiger partial charge in [-0.05, 0) is 12.1 Å². The van der Waals surface area contributed by atoms with Crippen LogP contribution in [0.2, 0.25) is 0 Å². The Balaban J connectivity index is 3.08. The van der Waals surface area contributed by atoms with Crippen molar-refractivity contribution < 1.29 is 9.72 Å². The Morgan fingerprint density at radius 1 is 1.53 bits per heavy atom. The Morgan fingerprint density at radius 3 is 2.76 bits per heavy atom. The molecule has 84 valence electrons. The van der Waals surface area contributed by atoms with Gasteiger partial charge in [0.1, 0.15) is 11.6 Å². The molecule has 0 atom stereocenters. The standard InChI is InChI=1S/C11H7N3O3/c12-7-9-5-4-8(2-1-3-11(13)15)6-10(9)14(16)17/h4-6H,3H2,(H2,13,15). The first-order valence-electron chi connectivity index (χ1n) is 4.50. The van der Waals surface area contributed by atoms with Crippen LogP contribution in [0.3, 0.4) is 0 Å². The molecule has 0 heterocycles. The third-order valence-electron chi connectivity index (χ3n) is 1.81. The molecule has 0 saturated heterocycles. The van der Waals surface area contributed by atoms with Gasteiger partial charge in [-0.15, -0.1) is 0 Å². The number of nitriles is 1. The van der Waals surface area contributed by atoms with E-state index in [0.717, 1.165) is 0 Å². The zero-order valence-electron chi connectivity index (χ0n) is 8.64. The van der Waals surface area contributed by atoms with Crippen molar-refractivity contribution >= 4 is 11.6 Å². The molecule has 0 saturated carbocycles. The number of nitro groups is 1. The molecule has 0 aliphatic heterocycles. The van der Waals surface area contributed by atoms with Crippen LogP contribution in [-0.2, 0) is 4.79 Å². The summed E-state index contributed by atoms with van der Waals surface area (Å²) in [5.74, 6) is 4.46. The molecule has 0 aromatic heterocycles. The Bertz CT molecular complexity index is 576. The average Bonchev–Trinajstić information content (AvgIpc) is 2.28. The molecule has 6 heteroatoms. The van der Waals surface area contributed by atoms with E-state index in [1.807, 2.05) is 0 Å². The first-order chi connectivity index (χ1) is 8.04. The first kappa shape index (κ1) is 12.2. The van der Waals surface area contributed by atoms with Crippen molar-refractivity contribution in [2.45, 2.75) is 6.42 Å². The first-order valence-corrected chi connectivity index (χ1v) is 4.50. The molecule has 1 aromatic rings. The third kappa shape index (κ3) is 3.33. The summed E-state index contributed by atoms with van der Waals surface area (Å²) in [5, 5.41) is 19.3. The fourth-order valence-electron chi connectivity index (χ4n) is 1.09. The molecule has 0 spiro atoms. The van der Waals surface area contributed by atoms with Gasteiger partial charge in [0.25, 0.3) is 5.69 Å². The number of hydrogen-bond donors (Lipinski definition) is 1. The van der Waals surface area contributed by atoms with Gasteiger partial charge >= 0.3 is 0 Å². The number of amides is 1. The number of carbonyl (C=O) groups is 1. The minimum Gasteiger partial charge on any atom is -0.369 e. The van der Waals surface area contributed by atoms with Crippen LogP contribution in [0, 0.1) is 33.3 Å². The lowest BCUT2D eigenvalue weighted by molar-refractivity contribution is -0.385. The van der Waals surface area contributed by atoms with Gasteiger partial charge in [-0.2, -0.15) is 5.26 Å². The van der Waals surface area contributed by atoms with E-state index in [4.69, 9.17) is 11.0 Å². The van der Waals surface area contributed by atoms with Crippen LogP contribution in [0.15, 0.2) is 18.2 Å². The number of nitro benzene ring substituents is 1. The second-order valence-corrected chi connectivity index (χ2v) is 3.05. The van der Waals surface area contributed by atoms with Crippen LogP contribution in [-0.4, -0.2) is 10.8 Å². The van der Waals surface area contributed by atoms with Crippen LogP contribution < -0.4 is 5.73 Å². The van der Waals surface area contributed by atoms with Gasteiger partial charge in [-0.25, -0.2) is 0 Å². The summed E-state index contributed by atoms with van der Waals surface area (Å²) in [7, 11) is 0. The average molecular weight is 229 g/mol. The summed E-state index contributed by atoms with van der Waals surface area (Å²) in [6.07, 6.45) is -0.117. The highest BCUT2D eigenvalue weighted by Crippen LogP contribution is 2.18. The maximum atomic E-state index is 10.6. The van der Waals surface area contributed by atoms with Crippen molar-refractivity contribution in [3.63, 3.8) is 0 Å². The quantitative estimate of drug-likeness (QED) is 0.457. The Morgan fingerprint density at radius 2 is 2.24 bits per heavy atom. The van der Waals surface area contributed by atoms with Gasteiger partial charge in [0.05, 0.1) is 11.3 Å². The number of nitrogens with two attached hydrogens (primary N) is 1. The highest BCUT2D eigenvalue weighted by Gasteiger charge is 2.13. The smallest absolute Gasteiger partial charge is 0.288 e. The zero-order chi connectivity index (χ0) is 12.8. The van der Waals surface area contributed by atoms with E-state index in [2.05, 4.69) is 11.8 Å². The normalized spacial score (nSPS) is 8.65. The molecule has 0 radical (unpaired) electrons. The number of nitrogens with zero attached hydrogens (tertiary/aromatic N) is 2. The molecular formula is C11H7N3O3. The SMILES string of the molecule is N#Cc1ccc(C#CCC(N)=O)cc1[N+](=O)[O-]. The largest absolute Gasteiger partial charge is 0.369 e. The summed E-state index contributed by atoms with van der Waals surface area (Å²) < 4.78 is 0. The lowest BCUT2D eigenvalue weighted by atomic mass is 10.1. The molecule has 1 rings (SSSR count). The molecule has 0 aliphatic carbocycles. The molecule has 0 fully saturated rings. The van der Waals surface area contributed by atoms with Gasteiger partial charge < -0.3 is 5.73 Å². The third-order valence-corrected chi connectivity index (χ3v) is 1.81.